The van der Waals surface area contributed by atoms with Crippen molar-refractivity contribution in [1.29, 1.82) is 0 Å². The molecule has 0 radical (unpaired) electrons. The highest BCUT2D eigenvalue weighted by Gasteiger charge is 2.47. The summed E-state index contributed by atoms with van der Waals surface area (Å²) < 4.78 is 11.9. The van der Waals surface area contributed by atoms with E-state index >= 15 is 0 Å². The first-order chi connectivity index (χ1) is 15.5. The van der Waals surface area contributed by atoms with E-state index in [0.29, 0.717) is 41.5 Å². The molecule has 0 saturated carbocycles. The van der Waals surface area contributed by atoms with E-state index in [2.05, 4.69) is 15.9 Å². The number of rotatable bonds is 3. The maximum absolute atomic E-state index is 13.2. The van der Waals surface area contributed by atoms with E-state index in [1.165, 1.54) is 4.90 Å². The molecule has 1 amide bonds. The molecule has 7 heteroatoms. The fraction of sp³-hybridized carbons (Fsp3) is 0.120. The molecule has 0 spiro atoms. The summed E-state index contributed by atoms with van der Waals surface area (Å²) in [4.78, 5) is 27.8. The Labute approximate surface area is 192 Å². The SMILES string of the molecule is O=C1C(=O)N(c2cccc(Br)c2)C(c2ccccc2)/C1=C(/O)c1ccc2c(c1)OCCO2. The number of carbonyl (C=O) groups excluding carboxylic acids is 2. The number of aliphatic hydroxyl groups is 1. The first-order valence-corrected chi connectivity index (χ1v) is 10.9. The van der Waals surface area contributed by atoms with Gasteiger partial charge in [0.2, 0.25) is 0 Å². The van der Waals surface area contributed by atoms with Gasteiger partial charge in [0, 0.05) is 15.7 Å². The van der Waals surface area contributed by atoms with Crippen LogP contribution in [0.2, 0.25) is 0 Å². The number of anilines is 1. The number of halogens is 1. The molecular weight excluding hydrogens is 474 g/mol. The van der Waals surface area contributed by atoms with Crippen LogP contribution in [0.25, 0.3) is 5.76 Å². The zero-order valence-electron chi connectivity index (χ0n) is 16.8. The molecule has 2 aliphatic rings. The van der Waals surface area contributed by atoms with Crippen LogP contribution in [0.3, 0.4) is 0 Å². The Hall–Kier alpha value is -3.58. The predicted octanol–water partition coefficient (Wildman–Crippen LogP) is 4.85. The van der Waals surface area contributed by atoms with Crippen molar-refractivity contribution in [3.8, 4) is 11.5 Å². The number of ether oxygens (including phenoxy) is 2. The van der Waals surface area contributed by atoms with E-state index in [1.807, 2.05) is 36.4 Å². The summed E-state index contributed by atoms with van der Waals surface area (Å²) in [5.74, 6) is -0.645. The van der Waals surface area contributed by atoms with Gasteiger partial charge in [-0.25, -0.2) is 0 Å². The van der Waals surface area contributed by atoms with Crippen molar-refractivity contribution < 1.29 is 24.2 Å². The average molecular weight is 492 g/mol. The van der Waals surface area contributed by atoms with Crippen LogP contribution >= 0.6 is 15.9 Å². The first kappa shape index (κ1) is 20.3. The minimum atomic E-state index is -0.779. The van der Waals surface area contributed by atoms with Crippen LogP contribution in [0.5, 0.6) is 11.5 Å². The number of aliphatic hydroxyl groups excluding tert-OH is 1. The van der Waals surface area contributed by atoms with Gasteiger partial charge in [-0.15, -0.1) is 0 Å². The fourth-order valence-corrected chi connectivity index (χ4v) is 4.41. The molecule has 1 atom stereocenters. The van der Waals surface area contributed by atoms with Crippen LogP contribution in [-0.4, -0.2) is 30.0 Å². The molecule has 1 saturated heterocycles. The monoisotopic (exact) mass is 491 g/mol. The van der Waals surface area contributed by atoms with Gasteiger partial charge < -0.3 is 14.6 Å². The Morgan fingerprint density at radius 2 is 1.66 bits per heavy atom. The van der Waals surface area contributed by atoms with Gasteiger partial charge in [-0.05, 0) is 42.0 Å². The minimum absolute atomic E-state index is 0.0258. The number of ketones is 1. The second-order valence-electron chi connectivity index (χ2n) is 7.42. The normalized spacial score (nSPS) is 19.3. The van der Waals surface area contributed by atoms with Gasteiger partial charge in [0.05, 0.1) is 11.6 Å². The summed E-state index contributed by atoms with van der Waals surface area (Å²) in [5.41, 5.74) is 1.67. The smallest absolute Gasteiger partial charge is 0.300 e. The second-order valence-corrected chi connectivity index (χ2v) is 8.33. The van der Waals surface area contributed by atoms with Crippen molar-refractivity contribution in [2.24, 2.45) is 0 Å². The van der Waals surface area contributed by atoms with E-state index in [0.717, 1.165) is 4.47 Å². The third-order valence-corrected chi connectivity index (χ3v) is 5.95. The van der Waals surface area contributed by atoms with E-state index in [1.54, 1.807) is 36.4 Å². The van der Waals surface area contributed by atoms with Crippen molar-refractivity contribution in [2.75, 3.05) is 18.1 Å². The number of fused-ring (bicyclic) bond motifs is 1. The molecule has 0 bridgehead atoms. The lowest BCUT2D eigenvalue weighted by molar-refractivity contribution is -0.132. The molecule has 6 nitrogen and oxygen atoms in total. The average Bonchev–Trinajstić information content (AvgIpc) is 3.09. The van der Waals surface area contributed by atoms with E-state index in [4.69, 9.17) is 9.47 Å². The van der Waals surface area contributed by atoms with Gasteiger partial charge >= 0.3 is 0 Å². The number of hydrogen-bond donors (Lipinski definition) is 1. The zero-order valence-corrected chi connectivity index (χ0v) is 18.4. The summed E-state index contributed by atoms with van der Waals surface area (Å²) >= 11 is 3.43. The third-order valence-electron chi connectivity index (χ3n) is 5.46. The minimum Gasteiger partial charge on any atom is -0.507 e. The van der Waals surface area contributed by atoms with E-state index in [-0.39, 0.29) is 11.3 Å². The molecule has 0 aliphatic carbocycles. The van der Waals surface area contributed by atoms with Crippen molar-refractivity contribution >= 4 is 39.1 Å². The highest BCUT2D eigenvalue weighted by atomic mass is 79.9. The number of benzene rings is 3. The molecule has 2 aliphatic heterocycles. The Kier molecular flexibility index (Phi) is 5.19. The van der Waals surface area contributed by atoms with Crippen LogP contribution in [0.4, 0.5) is 5.69 Å². The van der Waals surface area contributed by atoms with Crippen LogP contribution < -0.4 is 14.4 Å². The Balaban J connectivity index is 1.69. The van der Waals surface area contributed by atoms with Gasteiger partial charge in [0.25, 0.3) is 11.7 Å². The molecule has 5 rings (SSSR count). The summed E-state index contributed by atoms with van der Waals surface area (Å²) in [6.45, 7) is 0.846. The first-order valence-electron chi connectivity index (χ1n) is 10.1. The van der Waals surface area contributed by atoms with Gasteiger partial charge in [-0.1, -0.05) is 52.3 Å². The summed E-state index contributed by atoms with van der Waals surface area (Å²) in [5, 5.41) is 11.2. The zero-order chi connectivity index (χ0) is 22.2. The maximum Gasteiger partial charge on any atom is 0.300 e. The second kappa shape index (κ2) is 8.16. The highest BCUT2D eigenvalue weighted by molar-refractivity contribution is 9.10. The topological polar surface area (TPSA) is 76.1 Å². The number of Topliss-reactive ketones (excluding diaryl/α,β-unsaturated/α-hetero) is 1. The molecule has 32 heavy (non-hydrogen) atoms. The Morgan fingerprint density at radius 3 is 2.41 bits per heavy atom. The molecule has 160 valence electrons. The quantitative estimate of drug-likeness (QED) is 0.322. The molecule has 1 unspecified atom stereocenters. The van der Waals surface area contributed by atoms with Gasteiger partial charge in [0.15, 0.2) is 11.5 Å². The summed E-state index contributed by atoms with van der Waals surface area (Å²) in [6.07, 6.45) is 0. The van der Waals surface area contributed by atoms with Gasteiger partial charge in [-0.3, -0.25) is 14.5 Å². The van der Waals surface area contributed by atoms with Gasteiger partial charge in [-0.2, -0.15) is 0 Å². The number of amides is 1. The maximum atomic E-state index is 13.2. The molecule has 0 aromatic heterocycles. The number of hydrogen-bond acceptors (Lipinski definition) is 5. The van der Waals surface area contributed by atoms with Crippen LogP contribution in [0.1, 0.15) is 17.2 Å². The van der Waals surface area contributed by atoms with Crippen molar-refractivity contribution in [3.05, 3.63) is 94.0 Å². The highest BCUT2D eigenvalue weighted by Crippen LogP contribution is 2.43. The van der Waals surface area contributed by atoms with Crippen molar-refractivity contribution in [2.45, 2.75) is 6.04 Å². The summed E-state index contributed by atoms with van der Waals surface area (Å²) in [7, 11) is 0. The lowest BCUT2D eigenvalue weighted by Crippen LogP contribution is -2.29. The lowest BCUT2D eigenvalue weighted by atomic mass is 9.95. The Morgan fingerprint density at radius 1 is 0.906 bits per heavy atom. The van der Waals surface area contributed by atoms with Crippen LogP contribution in [-0.2, 0) is 9.59 Å². The fourth-order valence-electron chi connectivity index (χ4n) is 4.02. The molecule has 1 fully saturated rings. The largest absolute Gasteiger partial charge is 0.507 e. The number of nitrogens with zero attached hydrogens (tertiary/aromatic N) is 1. The molecule has 3 aromatic carbocycles. The van der Waals surface area contributed by atoms with Crippen LogP contribution in [0.15, 0.2) is 82.8 Å². The molecule has 3 aromatic rings. The Bertz CT molecular complexity index is 1250. The molecule has 2 heterocycles. The molecule has 1 N–H and O–H groups in total. The summed E-state index contributed by atoms with van der Waals surface area (Å²) in [6, 6.07) is 20.5. The predicted molar refractivity (Wildman–Crippen MR) is 123 cm³/mol. The van der Waals surface area contributed by atoms with Crippen molar-refractivity contribution in [1.82, 2.24) is 0 Å². The van der Waals surface area contributed by atoms with E-state index < -0.39 is 17.7 Å². The number of carbonyl (C=O) groups is 2. The third kappa shape index (κ3) is 3.44. The van der Waals surface area contributed by atoms with E-state index in [9.17, 15) is 14.7 Å². The van der Waals surface area contributed by atoms with Gasteiger partial charge in [0.1, 0.15) is 19.0 Å². The standard InChI is InChI=1S/C25H18BrNO5/c26-17-7-4-8-18(14-17)27-22(15-5-2-1-3-6-15)21(24(29)25(27)30)23(28)16-9-10-19-20(13-16)32-12-11-31-19/h1-10,13-14,22,28H,11-12H2/b23-21-. The van der Waals surface area contributed by atoms with Crippen molar-refractivity contribution in [3.63, 3.8) is 0 Å². The molecular formula is C25H18BrNO5. The van der Waals surface area contributed by atoms with Crippen LogP contribution in [0, 0.1) is 0 Å². The lowest BCUT2D eigenvalue weighted by Gasteiger charge is -2.25.